The van der Waals surface area contributed by atoms with E-state index in [1.807, 2.05) is 12.1 Å². The van der Waals surface area contributed by atoms with Crippen molar-refractivity contribution < 1.29 is 0 Å². The summed E-state index contributed by atoms with van der Waals surface area (Å²) >= 11 is 5.01. The summed E-state index contributed by atoms with van der Waals surface area (Å²) in [4.78, 5) is 7.33. The summed E-state index contributed by atoms with van der Waals surface area (Å²) in [5.41, 5.74) is 5.33. The van der Waals surface area contributed by atoms with Gasteiger partial charge in [0.25, 0.3) is 0 Å². The van der Waals surface area contributed by atoms with Crippen molar-refractivity contribution in [1.29, 1.82) is 5.26 Å². The Hall–Kier alpha value is -2.13. The Kier molecular flexibility index (Phi) is 5.07. The van der Waals surface area contributed by atoms with Crippen molar-refractivity contribution in [1.82, 2.24) is 4.98 Å². The molecule has 5 heteroatoms. The summed E-state index contributed by atoms with van der Waals surface area (Å²) in [5.74, 6) is 0.744. The summed E-state index contributed by atoms with van der Waals surface area (Å²) in [6.07, 6.45) is 6.01. The molecule has 0 unspecified atom stereocenters. The molecule has 4 rings (SSSR count). The first-order chi connectivity index (χ1) is 12.8. The SMILES string of the molecule is C=CCSc1nc2c(c(-c3cccs3)c1C#N)CC/C2=C/c1cccs1. The van der Waals surface area contributed by atoms with Gasteiger partial charge in [-0.2, -0.15) is 5.26 Å². The minimum Gasteiger partial charge on any atom is -0.240 e. The molecule has 128 valence electrons. The van der Waals surface area contributed by atoms with Crippen LogP contribution in [0.2, 0.25) is 0 Å². The fourth-order valence-electron chi connectivity index (χ4n) is 3.21. The van der Waals surface area contributed by atoms with E-state index in [0.29, 0.717) is 5.56 Å². The Labute approximate surface area is 165 Å². The molecule has 0 amide bonds. The second-order valence-corrected chi connectivity index (χ2v) is 8.80. The molecule has 0 saturated carbocycles. The van der Waals surface area contributed by atoms with Crippen molar-refractivity contribution >= 4 is 46.1 Å². The van der Waals surface area contributed by atoms with Gasteiger partial charge in [0.05, 0.1) is 11.3 Å². The second-order valence-electron chi connectivity index (χ2n) is 5.87. The molecule has 0 atom stereocenters. The maximum Gasteiger partial charge on any atom is 0.115 e. The monoisotopic (exact) mass is 392 g/mol. The number of allylic oxidation sites excluding steroid dienone is 1. The Bertz CT molecular complexity index is 1010. The average Bonchev–Trinajstić information content (AvgIpc) is 3.41. The van der Waals surface area contributed by atoms with Crippen molar-refractivity contribution in [2.24, 2.45) is 0 Å². The molecule has 3 aromatic rings. The third kappa shape index (κ3) is 3.16. The molecule has 1 aliphatic carbocycles. The standard InChI is InChI=1S/C21H16N2S3/c1-2-9-26-21-17(13-22)19(18-6-4-11-25-18)16-8-7-14(20(16)23-21)12-15-5-3-10-24-15/h2-6,10-12H,1,7-9H2/b14-12-. The number of pyridine rings is 1. The molecule has 0 radical (unpaired) electrons. The first kappa shape index (κ1) is 17.3. The highest BCUT2D eigenvalue weighted by Crippen LogP contribution is 2.44. The van der Waals surface area contributed by atoms with Gasteiger partial charge < -0.3 is 0 Å². The van der Waals surface area contributed by atoms with Crippen molar-refractivity contribution in [2.45, 2.75) is 17.9 Å². The van der Waals surface area contributed by atoms with Gasteiger partial charge in [0.1, 0.15) is 11.1 Å². The highest BCUT2D eigenvalue weighted by Gasteiger charge is 2.27. The molecule has 26 heavy (non-hydrogen) atoms. The summed E-state index contributed by atoms with van der Waals surface area (Å²) in [6, 6.07) is 10.8. The van der Waals surface area contributed by atoms with E-state index < -0.39 is 0 Å². The number of nitriles is 1. The first-order valence-corrected chi connectivity index (χ1v) is 11.0. The largest absolute Gasteiger partial charge is 0.240 e. The lowest BCUT2D eigenvalue weighted by molar-refractivity contribution is 1.05. The van der Waals surface area contributed by atoms with Gasteiger partial charge in [-0.05, 0) is 52.9 Å². The summed E-state index contributed by atoms with van der Waals surface area (Å²) in [5, 5.41) is 14.8. The average molecular weight is 393 g/mol. The van der Waals surface area contributed by atoms with E-state index in [9.17, 15) is 5.26 Å². The normalized spacial score (nSPS) is 14.3. The predicted octanol–water partition coefficient (Wildman–Crippen LogP) is 6.51. The van der Waals surface area contributed by atoms with Gasteiger partial charge in [-0.25, -0.2) is 4.98 Å². The van der Waals surface area contributed by atoms with Crippen LogP contribution < -0.4 is 0 Å². The Balaban J connectivity index is 1.93. The number of hydrogen-bond donors (Lipinski definition) is 0. The molecule has 0 aliphatic heterocycles. The van der Waals surface area contributed by atoms with Gasteiger partial charge in [-0.1, -0.05) is 18.2 Å². The van der Waals surface area contributed by atoms with Crippen LogP contribution in [0.4, 0.5) is 0 Å². The zero-order valence-corrected chi connectivity index (χ0v) is 16.5. The maximum atomic E-state index is 9.86. The molecule has 0 N–H and O–H groups in total. The number of hydrogen-bond acceptors (Lipinski definition) is 5. The lowest BCUT2D eigenvalue weighted by atomic mass is 10.0. The number of rotatable bonds is 5. The fraction of sp³-hybridized carbons (Fsp3) is 0.143. The summed E-state index contributed by atoms with van der Waals surface area (Å²) in [7, 11) is 0. The Morgan fingerprint density at radius 1 is 1.23 bits per heavy atom. The van der Waals surface area contributed by atoms with Crippen LogP contribution in [0.3, 0.4) is 0 Å². The Morgan fingerprint density at radius 3 is 2.77 bits per heavy atom. The molecule has 1 aliphatic rings. The topological polar surface area (TPSA) is 36.7 Å². The van der Waals surface area contributed by atoms with Crippen molar-refractivity contribution in [3.05, 3.63) is 69.4 Å². The van der Waals surface area contributed by atoms with E-state index >= 15 is 0 Å². The number of thioether (sulfide) groups is 1. The first-order valence-electron chi connectivity index (χ1n) is 8.30. The van der Waals surface area contributed by atoms with Crippen LogP contribution in [-0.2, 0) is 6.42 Å². The summed E-state index contributed by atoms with van der Waals surface area (Å²) < 4.78 is 0. The Morgan fingerprint density at radius 2 is 2.08 bits per heavy atom. The van der Waals surface area contributed by atoms with Crippen LogP contribution in [0, 0.1) is 11.3 Å². The second kappa shape index (κ2) is 7.63. The van der Waals surface area contributed by atoms with E-state index in [1.54, 1.807) is 34.4 Å². The minimum absolute atomic E-state index is 0.704. The lowest BCUT2D eigenvalue weighted by Crippen LogP contribution is -1.99. The minimum atomic E-state index is 0.704. The molecule has 3 aromatic heterocycles. The van der Waals surface area contributed by atoms with Gasteiger partial charge in [0, 0.05) is 21.1 Å². The molecule has 0 saturated heterocycles. The van der Waals surface area contributed by atoms with Gasteiger partial charge >= 0.3 is 0 Å². The zero-order valence-electron chi connectivity index (χ0n) is 14.1. The molecule has 0 fully saturated rings. The van der Waals surface area contributed by atoms with E-state index in [-0.39, 0.29) is 0 Å². The van der Waals surface area contributed by atoms with E-state index in [2.05, 4.69) is 47.7 Å². The molecule has 0 spiro atoms. The van der Waals surface area contributed by atoms with Crippen molar-refractivity contribution in [3.63, 3.8) is 0 Å². The van der Waals surface area contributed by atoms with Crippen LogP contribution in [0.1, 0.15) is 28.1 Å². The smallest absolute Gasteiger partial charge is 0.115 e. The van der Waals surface area contributed by atoms with E-state index in [0.717, 1.165) is 39.8 Å². The van der Waals surface area contributed by atoms with Gasteiger partial charge in [0.15, 0.2) is 0 Å². The van der Waals surface area contributed by atoms with Crippen LogP contribution in [0.25, 0.3) is 22.1 Å². The molecule has 3 heterocycles. The van der Waals surface area contributed by atoms with E-state index in [4.69, 9.17) is 4.98 Å². The molecule has 0 bridgehead atoms. The maximum absolute atomic E-state index is 9.86. The predicted molar refractivity (Wildman–Crippen MR) is 114 cm³/mol. The van der Waals surface area contributed by atoms with Gasteiger partial charge in [-0.3, -0.25) is 0 Å². The van der Waals surface area contributed by atoms with Crippen molar-refractivity contribution in [3.8, 4) is 16.5 Å². The van der Waals surface area contributed by atoms with Gasteiger partial charge in [-0.15, -0.1) is 41.0 Å². The quantitative estimate of drug-likeness (QED) is 0.367. The lowest BCUT2D eigenvalue weighted by Gasteiger charge is -2.13. The summed E-state index contributed by atoms with van der Waals surface area (Å²) in [6.45, 7) is 3.80. The van der Waals surface area contributed by atoms with Crippen LogP contribution >= 0.6 is 34.4 Å². The third-order valence-electron chi connectivity index (χ3n) is 4.29. The zero-order chi connectivity index (χ0) is 17.9. The van der Waals surface area contributed by atoms with Crippen molar-refractivity contribution in [2.75, 3.05) is 5.75 Å². The molecule has 2 nitrogen and oxygen atoms in total. The van der Waals surface area contributed by atoms with Crippen LogP contribution in [0.15, 0.2) is 52.7 Å². The number of thiophene rings is 2. The highest BCUT2D eigenvalue weighted by molar-refractivity contribution is 7.99. The highest BCUT2D eigenvalue weighted by atomic mass is 32.2. The molecular formula is C21H16N2S3. The number of aromatic nitrogens is 1. The molecule has 0 aromatic carbocycles. The third-order valence-corrected chi connectivity index (χ3v) is 6.97. The fourth-order valence-corrected chi connectivity index (χ4v) is 5.42. The van der Waals surface area contributed by atoms with Gasteiger partial charge in [0.2, 0.25) is 0 Å². The van der Waals surface area contributed by atoms with E-state index in [1.165, 1.54) is 16.0 Å². The number of fused-ring (bicyclic) bond motifs is 1. The van der Waals surface area contributed by atoms with Crippen LogP contribution in [0.5, 0.6) is 0 Å². The molecular weight excluding hydrogens is 376 g/mol. The van der Waals surface area contributed by atoms with Crippen LogP contribution in [-0.4, -0.2) is 10.7 Å². The number of nitrogens with zero attached hydrogens (tertiary/aromatic N) is 2.